The van der Waals surface area contributed by atoms with Crippen LogP contribution in [0.4, 0.5) is 0 Å². The Hall–Kier alpha value is -3.69. The van der Waals surface area contributed by atoms with Crippen molar-refractivity contribution < 1.29 is 28.7 Å². The van der Waals surface area contributed by atoms with Crippen LogP contribution in [0.1, 0.15) is 104 Å². The Morgan fingerprint density at radius 2 is 1.30 bits per heavy atom. The summed E-state index contributed by atoms with van der Waals surface area (Å²) in [5, 5.41) is 6.15. The number of ether oxygens (including phenoxy) is 1. The summed E-state index contributed by atoms with van der Waals surface area (Å²) in [5.41, 5.74) is 1.61. The van der Waals surface area contributed by atoms with E-state index in [1.807, 2.05) is 95.3 Å². The van der Waals surface area contributed by atoms with Crippen LogP contribution in [-0.4, -0.2) is 79.0 Å². The number of morpholine rings is 1. The molecule has 1 saturated heterocycles. The number of hydrogen-bond acceptors (Lipinski definition) is 7. The molecule has 4 rings (SSSR count). The van der Waals surface area contributed by atoms with E-state index in [1.54, 1.807) is 0 Å². The Bertz CT molecular complexity index is 1500. The van der Waals surface area contributed by atoms with Gasteiger partial charge in [0.2, 0.25) is 11.8 Å². The van der Waals surface area contributed by atoms with E-state index in [9.17, 15) is 24.0 Å². The number of Topliss-reactive ketones (excluding diaryl/α,β-unsaturated/α-hetero) is 3. The van der Waals surface area contributed by atoms with Crippen molar-refractivity contribution >= 4 is 29.2 Å². The maximum atomic E-state index is 14.3. The molecule has 1 heterocycles. The maximum absolute atomic E-state index is 14.3. The molecular weight excluding hydrogens is 679 g/mol. The molecule has 0 bridgehead atoms. The highest BCUT2D eigenvalue weighted by atomic mass is 16.5. The fourth-order valence-electron chi connectivity index (χ4n) is 7.43. The van der Waals surface area contributed by atoms with Gasteiger partial charge in [-0.3, -0.25) is 28.9 Å². The molecule has 9 nitrogen and oxygen atoms in total. The maximum Gasteiger partial charge on any atom is 0.224 e. The number of rotatable bonds is 24. The fourth-order valence-corrected chi connectivity index (χ4v) is 7.43. The quantitative estimate of drug-likeness (QED) is 0.125. The summed E-state index contributed by atoms with van der Waals surface area (Å²) in [6, 6.07) is 18.1. The predicted molar refractivity (Wildman–Crippen MR) is 213 cm³/mol. The molecule has 296 valence electrons. The largest absolute Gasteiger partial charge is 0.379 e. The average Bonchev–Trinajstić information content (AvgIpc) is 3.91. The normalized spacial score (nSPS) is 17.7. The van der Waals surface area contributed by atoms with Gasteiger partial charge in [0, 0.05) is 49.6 Å². The van der Waals surface area contributed by atoms with Crippen molar-refractivity contribution in [2.45, 2.75) is 117 Å². The highest BCUT2D eigenvalue weighted by Crippen LogP contribution is 2.47. The Kier molecular flexibility index (Phi) is 17.1. The molecule has 0 aromatic heterocycles. The summed E-state index contributed by atoms with van der Waals surface area (Å²) in [6.07, 6.45) is 5.22. The molecule has 2 aromatic carbocycles. The van der Waals surface area contributed by atoms with Crippen LogP contribution in [0.25, 0.3) is 0 Å². The van der Waals surface area contributed by atoms with Crippen molar-refractivity contribution in [2.75, 3.05) is 32.8 Å². The molecule has 0 radical (unpaired) electrons. The van der Waals surface area contributed by atoms with E-state index in [1.165, 1.54) is 0 Å². The minimum Gasteiger partial charge on any atom is -0.379 e. The van der Waals surface area contributed by atoms with Crippen molar-refractivity contribution in [1.82, 2.24) is 15.5 Å². The summed E-state index contributed by atoms with van der Waals surface area (Å²) in [7, 11) is 0. The van der Waals surface area contributed by atoms with Gasteiger partial charge in [0.05, 0.1) is 25.3 Å². The van der Waals surface area contributed by atoms with Gasteiger partial charge in [0.15, 0.2) is 11.6 Å². The SMILES string of the molecule is CC(C)C[C@H](NC(=O)C(CCc1ccccc1)CC(=O)CCCN1CCOCC1)C(=O)C[C@@H](Cc1ccccc1)C(=O)N[C@@H](CC(C)C)C(=O)C1(C)CC1. The molecular formula is C45H65N3O6. The Morgan fingerprint density at radius 1 is 0.741 bits per heavy atom. The molecule has 9 heteroatoms. The summed E-state index contributed by atoms with van der Waals surface area (Å²) in [6.45, 7) is 14.0. The Labute approximate surface area is 323 Å². The third kappa shape index (κ3) is 14.5. The van der Waals surface area contributed by atoms with Gasteiger partial charge in [-0.2, -0.15) is 0 Å². The van der Waals surface area contributed by atoms with Gasteiger partial charge in [-0.1, -0.05) is 95.3 Å². The molecule has 1 aliphatic carbocycles. The average molecular weight is 744 g/mol. The molecule has 1 aliphatic heterocycles. The second-order valence-corrected chi connectivity index (χ2v) is 16.9. The third-order valence-corrected chi connectivity index (χ3v) is 11.0. The second kappa shape index (κ2) is 21.4. The van der Waals surface area contributed by atoms with E-state index >= 15 is 0 Å². The minimum atomic E-state index is -0.808. The summed E-state index contributed by atoms with van der Waals surface area (Å²) in [5.74, 6) is -1.71. The predicted octanol–water partition coefficient (Wildman–Crippen LogP) is 6.56. The van der Waals surface area contributed by atoms with Gasteiger partial charge in [-0.15, -0.1) is 0 Å². The molecule has 2 aliphatic rings. The van der Waals surface area contributed by atoms with Crippen LogP contribution in [0.15, 0.2) is 60.7 Å². The van der Waals surface area contributed by atoms with E-state index in [0.717, 1.165) is 50.0 Å². The fraction of sp³-hybridized carbons (Fsp3) is 0.622. The topological polar surface area (TPSA) is 122 Å². The number of nitrogens with one attached hydrogen (secondary N) is 2. The first kappa shape index (κ1) is 43.0. The number of benzene rings is 2. The zero-order chi connectivity index (χ0) is 39.1. The number of amides is 2. The first-order chi connectivity index (χ1) is 25.8. The van der Waals surface area contributed by atoms with Gasteiger partial charge < -0.3 is 15.4 Å². The van der Waals surface area contributed by atoms with Crippen LogP contribution >= 0.6 is 0 Å². The monoisotopic (exact) mass is 743 g/mol. The smallest absolute Gasteiger partial charge is 0.224 e. The van der Waals surface area contributed by atoms with Gasteiger partial charge in [0.1, 0.15) is 5.78 Å². The highest BCUT2D eigenvalue weighted by Gasteiger charge is 2.48. The van der Waals surface area contributed by atoms with Gasteiger partial charge in [-0.25, -0.2) is 0 Å². The van der Waals surface area contributed by atoms with Gasteiger partial charge in [0.25, 0.3) is 0 Å². The van der Waals surface area contributed by atoms with Crippen LogP contribution in [0.2, 0.25) is 0 Å². The van der Waals surface area contributed by atoms with E-state index in [-0.39, 0.29) is 53.8 Å². The van der Waals surface area contributed by atoms with E-state index < -0.39 is 29.3 Å². The zero-order valence-electron chi connectivity index (χ0n) is 33.4. The second-order valence-electron chi connectivity index (χ2n) is 16.9. The molecule has 0 spiro atoms. The Morgan fingerprint density at radius 3 is 1.89 bits per heavy atom. The first-order valence-corrected chi connectivity index (χ1v) is 20.4. The van der Waals surface area contributed by atoms with Gasteiger partial charge in [-0.05, 0) is 80.9 Å². The van der Waals surface area contributed by atoms with Crippen LogP contribution in [0.5, 0.6) is 0 Å². The number of carbonyl (C=O) groups excluding carboxylic acids is 5. The van der Waals surface area contributed by atoms with E-state index in [4.69, 9.17) is 4.74 Å². The minimum absolute atomic E-state index is 0.0494. The van der Waals surface area contributed by atoms with Crippen molar-refractivity contribution in [3.63, 3.8) is 0 Å². The number of hydrogen-bond donors (Lipinski definition) is 2. The summed E-state index contributed by atoms with van der Waals surface area (Å²) in [4.78, 5) is 71.6. The molecule has 1 saturated carbocycles. The van der Waals surface area contributed by atoms with Crippen LogP contribution in [0, 0.1) is 29.1 Å². The van der Waals surface area contributed by atoms with Crippen LogP contribution in [-0.2, 0) is 41.6 Å². The molecule has 2 fully saturated rings. The molecule has 54 heavy (non-hydrogen) atoms. The van der Waals surface area contributed by atoms with E-state index in [0.29, 0.717) is 51.7 Å². The van der Waals surface area contributed by atoms with Crippen molar-refractivity contribution in [3.8, 4) is 0 Å². The lowest BCUT2D eigenvalue weighted by molar-refractivity contribution is -0.135. The first-order valence-electron chi connectivity index (χ1n) is 20.4. The molecule has 4 atom stereocenters. The van der Waals surface area contributed by atoms with Crippen LogP contribution in [0.3, 0.4) is 0 Å². The number of carbonyl (C=O) groups is 5. The van der Waals surface area contributed by atoms with Crippen molar-refractivity contribution in [3.05, 3.63) is 71.8 Å². The molecule has 1 unspecified atom stereocenters. The third-order valence-electron chi connectivity index (χ3n) is 11.0. The lowest BCUT2D eigenvalue weighted by Crippen LogP contribution is -2.49. The molecule has 2 aromatic rings. The lowest BCUT2D eigenvalue weighted by atomic mass is 9.87. The standard InChI is InChI=1S/C45H65N3O6/c1-32(2)27-39(46-43(52)36(19-18-34-13-8-6-9-14-34)30-38(49)17-12-22-48-23-25-54-26-24-48)41(50)31-37(29-35-15-10-7-11-16-35)44(53)47-40(28-33(3)4)42(51)45(5)20-21-45/h6-11,13-16,32-33,36-37,39-40H,12,17-31H2,1-5H3,(H,46,52)(H,47,53)/t36?,37-,39+,40+/m1/s1. The van der Waals surface area contributed by atoms with Crippen molar-refractivity contribution in [1.29, 1.82) is 0 Å². The van der Waals surface area contributed by atoms with Gasteiger partial charge >= 0.3 is 0 Å². The summed E-state index contributed by atoms with van der Waals surface area (Å²) < 4.78 is 5.44. The number of nitrogens with zero attached hydrogens (tertiary/aromatic N) is 1. The zero-order valence-corrected chi connectivity index (χ0v) is 33.4. The summed E-state index contributed by atoms with van der Waals surface area (Å²) >= 11 is 0. The number of aryl methyl sites for hydroxylation is 1. The highest BCUT2D eigenvalue weighted by molar-refractivity contribution is 5.97. The number of ketones is 3. The van der Waals surface area contributed by atoms with Crippen LogP contribution < -0.4 is 10.6 Å². The van der Waals surface area contributed by atoms with Crippen molar-refractivity contribution in [2.24, 2.45) is 29.1 Å². The lowest BCUT2D eigenvalue weighted by Gasteiger charge is -2.27. The van der Waals surface area contributed by atoms with E-state index in [2.05, 4.69) is 15.5 Å². The molecule has 2 amide bonds. The Balaban J connectivity index is 1.48. The molecule has 2 N–H and O–H groups in total.